The molecule has 0 aromatic carbocycles. The number of pyridine rings is 1. The maximum Gasteiger partial charge on any atom is 0.422 e. The summed E-state index contributed by atoms with van der Waals surface area (Å²) in [6, 6.07) is 5.06. The minimum atomic E-state index is -0.604. The lowest BCUT2D eigenvalue weighted by Crippen LogP contribution is -2.40. The van der Waals surface area contributed by atoms with Crippen molar-refractivity contribution in [1.29, 1.82) is 0 Å². The van der Waals surface area contributed by atoms with Crippen molar-refractivity contribution in [3.63, 3.8) is 0 Å². The molecule has 0 fully saturated rings. The second kappa shape index (κ2) is 6.30. The Kier molecular flexibility index (Phi) is 5.03. The first-order chi connectivity index (χ1) is 8.40. The van der Waals surface area contributed by atoms with Crippen LogP contribution in [0.15, 0.2) is 18.2 Å². The SMILES string of the molecule is CC(C)(C)OC(=O)NNCc1cccc(CF)n1. The van der Waals surface area contributed by atoms with Gasteiger partial charge < -0.3 is 4.74 Å². The molecule has 2 N–H and O–H groups in total. The summed E-state index contributed by atoms with van der Waals surface area (Å²) in [6.45, 7) is 5.02. The molecule has 1 heterocycles. The van der Waals surface area contributed by atoms with Gasteiger partial charge in [-0.05, 0) is 32.9 Å². The van der Waals surface area contributed by atoms with E-state index in [1.54, 1.807) is 39.0 Å². The number of aromatic nitrogens is 1. The van der Waals surface area contributed by atoms with Gasteiger partial charge in [0.15, 0.2) is 0 Å². The van der Waals surface area contributed by atoms with E-state index >= 15 is 0 Å². The van der Waals surface area contributed by atoms with Gasteiger partial charge in [0.05, 0.1) is 17.9 Å². The molecule has 1 aromatic heterocycles. The number of ether oxygens (including phenoxy) is 1. The number of amides is 1. The van der Waals surface area contributed by atoms with E-state index in [-0.39, 0.29) is 0 Å². The Morgan fingerprint density at radius 3 is 2.67 bits per heavy atom. The molecule has 0 saturated heterocycles. The minimum absolute atomic E-state index is 0.299. The lowest BCUT2D eigenvalue weighted by Gasteiger charge is -2.19. The zero-order chi connectivity index (χ0) is 13.6. The normalized spacial score (nSPS) is 11.1. The highest BCUT2D eigenvalue weighted by molar-refractivity contribution is 5.66. The maximum absolute atomic E-state index is 12.4. The number of hydrazine groups is 1. The second-order valence-corrected chi connectivity index (χ2v) is 4.73. The van der Waals surface area contributed by atoms with Gasteiger partial charge in [0.25, 0.3) is 0 Å². The number of carbonyl (C=O) groups excluding carboxylic acids is 1. The summed E-state index contributed by atoms with van der Waals surface area (Å²) >= 11 is 0. The van der Waals surface area contributed by atoms with Gasteiger partial charge in [-0.2, -0.15) is 0 Å². The van der Waals surface area contributed by atoms with Gasteiger partial charge in [0.1, 0.15) is 12.3 Å². The molecule has 0 unspecified atom stereocenters. The van der Waals surface area contributed by atoms with Crippen molar-refractivity contribution in [3.8, 4) is 0 Å². The molecule has 1 rings (SSSR count). The monoisotopic (exact) mass is 255 g/mol. The highest BCUT2D eigenvalue weighted by Crippen LogP contribution is 2.06. The van der Waals surface area contributed by atoms with Gasteiger partial charge in [-0.25, -0.2) is 14.6 Å². The Morgan fingerprint density at radius 2 is 2.06 bits per heavy atom. The minimum Gasteiger partial charge on any atom is -0.443 e. The maximum atomic E-state index is 12.4. The molecule has 100 valence electrons. The third kappa shape index (κ3) is 5.58. The Hall–Kier alpha value is -1.69. The number of hydrogen-bond donors (Lipinski definition) is 2. The molecule has 0 spiro atoms. The van der Waals surface area contributed by atoms with Crippen LogP contribution in [-0.4, -0.2) is 16.7 Å². The molecule has 0 saturated carbocycles. The lowest BCUT2D eigenvalue weighted by molar-refractivity contribution is 0.0497. The van der Waals surface area contributed by atoms with Crippen molar-refractivity contribution in [1.82, 2.24) is 15.8 Å². The van der Waals surface area contributed by atoms with E-state index in [0.717, 1.165) is 0 Å². The molecule has 0 aliphatic rings. The number of carbonyl (C=O) groups is 1. The Morgan fingerprint density at radius 1 is 1.39 bits per heavy atom. The summed E-state index contributed by atoms with van der Waals surface area (Å²) in [6.07, 6.45) is -0.566. The fourth-order valence-electron chi connectivity index (χ4n) is 1.21. The van der Waals surface area contributed by atoms with Gasteiger partial charge >= 0.3 is 6.09 Å². The summed E-state index contributed by atoms with van der Waals surface area (Å²) in [5, 5.41) is 0. The molecule has 1 amide bonds. The molecular formula is C12H18FN3O2. The number of alkyl halides is 1. The van der Waals surface area contributed by atoms with Crippen LogP contribution in [0.5, 0.6) is 0 Å². The van der Waals surface area contributed by atoms with Crippen molar-refractivity contribution >= 4 is 6.09 Å². The zero-order valence-corrected chi connectivity index (χ0v) is 10.8. The topological polar surface area (TPSA) is 63.2 Å². The van der Waals surface area contributed by atoms with Crippen molar-refractivity contribution in [3.05, 3.63) is 29.6 Å². The van der Waals surface area contributed by atoms with Crippen LogP contribution >= 0.6 is 0 Å². The summed E-state index contributed by atoms with van der Waals surface area (Å²) in [7, 11) is 0. The summed E-state index contributed by atoms with van der Waals surface area (Å²) in [5.41, 5.74) is 5.51. The lowest BCUT2D eigenvalue weighted by atomic mass is 10.2. The summed E-state index contributed by atoms with van der Waals surface area (Å²) in [5.74, 6) is 0. The van der Waals surface area contributed by atoms with Crippen LogP contribution in [0.25, 0.3) is 0 Å². The van der Waals surface area contributed by atoms with Crippen LogP contribution in [0.2, 0.25) is 0 Å². The summed E-state index contributed by atoms with van der Waals surface area (Å²) < 4.78 is 17.4. The van der Waals surface area contributed by atoms with Crippen LogP contribution in [0, 0.1) is 0 Å². The first-order valence-electron chi connectivity index (χ1n) is 5.63. The highest BCUT2D eigenvalue weighted by atomic mass is 19.1. The van der Waals surface area contributed by atoms with E-state index in [4.69, 9.17) is 4.74 Å². The largest absolute Gasteiger partial charge is 0.443 e. The molecule has 0 atom stereocenters. The first kappa shape index (κ1) is 14.4. The van der Waals surface area contributed by atoms with Crippen molar-refractivity contribution in [2.75, 3.05) is 0 Å². The fourth-order valence-corrected chi connectivity index (χ4v) is 1.21. The first-order valence-corrected chi connectivity index (χ1v) is 5.63. The Balaban J connectivity index is 2.35. The van der Waals surface area contributed by atoms with Gasteiger partial charge in [-0.15, -0.1) is 0 Å². The van der Waals surface area contributed by atoms with Crippen LogP contribution < -0.4 is 10.9 Å². The quantitative estimate of drug-likeness (QED) is 0.808. The van der Waals surface area contributed by atoms with E-state index in [2.05, 4.69) is 15.8 Å². The van der Waals surface area contributed by atoms with Gasteiger partial charge in [0.2, 0.25) is 0 Å². The molecule has 0 radical (unpaired) electrons. The predicted octanol–water partition coefficient (Wildman–Crippen LogP) is 2.08. The summed E-state index contributed by atoms with van der Waals surface area (Å²) in [4.78, 5) is 15.3. The number of nitrogens with one attached hydrogen (secondary N) is 2. The van der Waals surface area contributed by atoms with Crippen LogP contribution in [-0.2, 0) is 18.0 Å². The molecule has 0 bridgehead atoms. The van der Waals surface area contributed by atoms with Gasteiger partial charge in [-0.3, -0.25) is 10.4 Å². The molecule has 1 aromatic rings. The van der Waals surface area contributed by atoms with Crippen molar-refractivity contribution in [2.45, 2.75) is 39.6 Å². The Labute approximate surface area is 106 Å². The smallest absolute Gasteiger partial charge is 0.422 e. The van der Waals surface area contributed by atoms with Crippen molar-refractivity contribution < 1.29 is 13.9 Å². The van der Waals surface area contributed by atoms with Gasteiger partial charge in [0, 0.05) is 0 Å². The second-order valence-electron chi connectivity index (χ2n) is 4.73. The molecular weight excluding hydrogens is 237 g/mol. The number of nitrogens with zero attached hydrogens (tertiary/aromatic N) is 1. The van der Waals surface area contributed by atoms with Crippen LogP contribution in [0.4, 0.5) is 9.18 Å². The van der Waals surface area contributed by atoms with Crippen LogP contribution in [0.3, 0.4) is 0 Å². The Bertz CT molecular complexity index is 405. The molecule has 6 heteroatoms. The van der Waals surface area contributed by atoms with Gasteiger partial charge in [-0.1, -0.05) is 6.07 Å². The van der Waals surface area contributed by atoms with Crippen molar-refractivity contribution in [2.24, 2.45) is 0 Å². The standard InChI is InChI=1S/C12H18FN3O2/c1-12(2,3)18-11(17)16-14-8-10-6-4-5-9(7-13)15-10/h4-6,14H,7-8H2,1-3H3,(H,16,17). The highest BCUT2D eigenvalue weighted by Gasteiger charge is 2.15. The third-order valence-corrected chi connectivity index (χ3v) is 1.86. The van der Waals surface area contributed by atoms with E-state index in [1.165, 1.54) is 0 Å². The zero-order valence-electron chi connectivity index (χ0n) is 10.8. The molecule has 5 nitrogen and oxygen atoms in total. The van der Waals surface area contributed by atoms with E-state index in [9.17, 15) is 9.18 Å². The molecule has 0 aliphatic heterocycles. The van der Waals surface area contributed by atoms with E-state index < -0.39 is 18.4 Å². The average Bonchev–Trinajstić information content (AvgIpc) is 2.27. The fraction of sp³-hybridized carbons (Fsp3) is 0.500. The number of rotatable bonds is 4. The molecule has 0 aliphatic carbocycles. The number of halogens is 1. The predicted molar refractivity (Wildman–Crippen MR) is 65.3 cm³/mol. The van der Waals surface area contributed by atoms with E-state index in [0.29, 0.717) is 17.9 Å². The van der Waals surface area contributed by atoms with E-state index in [1.807, 2.05) is 0 Å². The molecule has 18 heavy (non-hydrogen) atoms. The average molecular weight is 255 g/mol. The number of hydrogen-bond acceptors (Lipinski definition) is 4. The van der Waals surface area contributed by atoms with Crippen LogP contribution in [0.1, 0.15) is 32.2 Å². The third-order valence-electron chi connectivity index (χ3n) is 1.86.